The number of benzene rings is 2. The van der Waals surface area contributed by atoms with Gasteiger partial charge in [0.1, 0.15) is 11.9 Å². The lowest BCUT2D eigenvalue weighted by Crippen LogP contribution is -2.22. The zero-order valence-electron chi connectivity index (χ0n) is 12.4. The van der Waals surface area contributed by atoms with Gasteiger partial charge in [-0.15, -0.1) is 10.2 Å². The van der Waals surface area contributed by atoms with E-state index in [0.29, 0.717) is 21.8 Å². The second kappa shape index (κ2) is 6.23. The summed E-state index contributed by atoms with van der Waals surface area (Å²) in [6.07, 6.45) is 1.61. The van der Waals surface area contributed by atoms with Gasteiger partial charge in [-0.3, -0.25) is 5.41 Å². The van der Waals surface area contributed by atoms with Gasteiger partial charge in [-0.25, -0.2) is 0 Å². The number of rotatable bonds is 3. The maximum Gasteiger partial charge on any atom is 0.191 e. The van der Waals surface area contributed by atoms with Crippen LogP contribution in [0.1, 0.15) is 0 Å². The summed E-state index contributed by atoms with van der Waals surface area (Å²) in [4.78, 5) is 0.623. The number of hydrogen-bond acceptors (Lipinski definition) is 4. The zero-order valence-corrected chi connectivity index (χ0v) is 13.2. The summed E-state index contributed by atoms with van der Waals surface area (Å²) in [7, 11) is 0. The van der Waals surface area contributed by atoms with E-state index < -0.39 is 11.2 Å². The molecular weight excluding hydrogens is 310 g/mol. The molecule has 116 valence electrons. The Morgan fingerprint density at radius 1 is 1.13 bits per heavy atom. The normalized spacial score (nSPS) is 12.1. The van der Waals surface area contributed by atoms with Crippen LogP contribution in [-0.4, -0.2) is 27.0 Å². The molecule has 6 nitrogen and oxygen atoms in total. The molecule has 1 unspecified atom stereocenters. The van der Waals surface area contributed by atoms with Gasteiger partial charge < -0.3 is 15.6 Å². The maximum atomic E-state index is 12.1. The third-order valence-electron chi connectivity index (χ3n) is 3.38. The monoisotopic (exact) mass is 325 g/mol. The van der Waals surface area contributed by atoms with Crippen LogP contribution in [0.2, 0.25) is 0 Å². The van der Waals surface area contributed by atoms with Gasteiger partial charge >= 0.3 is 0 Å². The van der Waals surface area contributed by atoms with Crippen molar-refractivity contribution in [1.29, 1.82) is 5.41 Å². The van der Waals surface area contributed by atoms with E-state index >= 15 is 0 Å². The van der Waals surface area contributed by atoms with Crippen LogP contribution in [0.15, 0.2) is 53.4 Å². The molecular formula is C16H15N5OS. The highest BCUT2D eigenvalue weighted by Gasteiger charge is 2.19. The third kappa shape index (κ3) is 2.96. The van der Waals surface area contributed by atoms with Gasteiger partial charge in [-0.05, 0) is 17.2 Å². The first-order valence-corrected chi connectivity index (χ1v) is 8.43. The summed E-state index contributed by atoms with van der Waals surface area (Å²) in [6, 6.07) is 15.2. The van der Waals surface area contributed by atoms with Crippen molar-refractivity contribution in [2.45, 2.75) is 4.90 Å². The second-order valence-electron chi connectivity index (χ2n) is 4.93. The van der Waals surface area contributed by atoms with Crippen LogP contribution in [0.5, 0.6) is 0 Å². The Morgan fingerprint density at radius 3 is 2.52 bits per heavy atom. The molecule has 0 bridgehead atoms. The molecule has 0 aliphatic carbocycles. The second-order valence-corrected chi connectivity index (χ2v) is 6.28. The van der Waals surface area contributed by atoms with E-state index in [-0.39, 0.29) is 5.96 Å². The van der Waals surface area contributed by atoms with Crippen LogP contribution in [0.25, 0.3) is 22.0 Å². The Morgan fingerprint density at radius 2 is 1.87 bits per heavy atom. The standard InChI is InChI=1S/C16H15N5OS/c1-23(22)12-9-5-8-11-13(12)15(19-16(17)18)21-20-14(11)10-6-3-2-4-7-10/h2-9H,1H3,(H4,17,18,19,21). The van der Waals surface area contributed by atoms with E-state index in [0.717, 1.165) is 10.9 Å². The van der Waals surface area contributed by atoms with Crippen molar-refractivity contribution < 1.29 is 4.55 Å². The van der Waals surface area contributed by atoms with Gasteiger partial charge in [0.25, 0.3) is 0 Å². The Kier molecular flexibility index (Phi) is 4.14. The van der Waals surface area contributed by atoms with Crippen molar-refractivity contribution in [3.8, 4) is 11.3 Å². The number of aromatic nitrogens is 2. The average Bonchev–Trinajstić information content (AvgIpc) is 2.54. The molecule has 3 aromatic rings. The lowest BCUT2D eigenvalue weighted by molar-refractivity contribution is 0.601. The van der Waals surface area contributed by atoms with E-state index in [2.05, 4.69) is 15.5 Å². The molecule has 0 saturated carbocycles. The summed E-state index contributed by atoms with van der Waals surface area (Å²) in [5.41, 5.74) is 7.03. The van der Waals surface area contributed by atoms with E-state index in [1.807, 2.05) is 42.5 Å². The van der Waals surface area contributed by atoms with E-state index in [1.54, 1.807) is 12.3 Å². The number of hydrogen-bond donors (Lipinski definition) is 3. The quantitative estimate of drug-likeness (QED) is 0.389. The summed E-state index contributed by atoms with van der Waals surface area (Å²) in [5, 5.41) is 20.0. The summed E-state index contributed by atoms with van der Waals surface area (Å²) < 4.78 is 12.1. The molecule has 23 heavy (non-hydrogen) atoms. The third-order valence-corrected chi connectivity index (χ3v) is 4.34. The van der Waals surface area contributed by atoms with Gasteiger partial charge in [-0.1, -0.05) is 42.5 Å². The van der Waals surface area contributed by atoms with Crippen molar-refractivity contribution in [3.05, 3.63) is 48.5 Å². The molecule has 1 atom stereocenters. The van der Waals surface area contributed by atoms with Crippen LogP contribution in [-0.2, 0) is 11.2 Å². The number of fused-ring (bicyclic) bond motifs is 1. The minimum absolute atomic E-state index is 0.246. The maximum absolute atomic E-state index is 12.1. The van der Waals surface area contributed by atoms with Crippen molar-refractivity contribution in [2.75, 3.05) is 11.6 Å². The Hall–Kier alpha value is -2.64. The number of nitrogens with zero attached hydrogens (tertiary/aromatic N) is 2. The summed E-state index contributed by atoms with van der Waals surface area (Å²) >= 11 is -1.21. The first-order valence-electron chi connectivity index (χ1n) is 6.87. The molecule has 1 aromatic heterocycles. The highest BCUT2D eigenvalue weighted by atomic mass is 32.2. The lowest BCUT2D eigenvalue weighted by Gasteiger charge is -2.13. The molecule has 1 heterocycles. The van der Waals surface area contributed by atoms with Gasteiger partial charge in [0.15, 0.2) is 16.7 Å². The molecule has 0 saturated heterocycles. The molecule has 0 aliphatic heterocycles. The van der Waals surface area contributed by atoms with Crippen molar-refractivity contribution >= 4 is 33.7 Å². The number of guanidine groups is 1. The summed E-state index contributed by atoms with van der Waals surface area (Å²) in [5.74, 6) is 0.0859. The largest absolute Gasteiger partial charge is 0.612 e. The molecule has 3 rings (SSSR count). The Labute approximate surface area is 136 Å². The summed E-state index contributed by atoms with van der Waals surface area (Å²) in [6.45, 7) is 0. The molecule has 0 amide bonds. The van der Waals surface area contributed by atoms with E-state index in [1.165, 1.54) is 0 Å². The average molecular weight is 325 g/mol. The van der Waals surface area contributed by atoms with Gasteiger partial charge in [0, 0.05) is 10.9 Å². The SMILES string of the molecule is C[S+]([O-])c1cccc2c(-c3ccccc3)nnc(NC(=N)N)c12. The van der Waals surface area contributed by atoms with Crippen molar-refractivity contribution in [1.82, 2.24) is 10.2 Å². The van der Waals surface area contributed by atoms with Crippen molar-refractivity contribution in [3.63, 3.8) is 0 Å². The molecule has 4 N–H and O–H groups in total. The minimum atomic E-state index is -1.21. The predicted octanol–water partition coefficient (Wildman–Crippen LogP) is 2.34. The van der Waals surface area contributed by atoms with E-state index in [4.69, 9.17) is 11.1 Å². The van der Waals surface area contributed by atoms with Crippen molar-refractivity contribution in [2.24, 2.45) is 5.73 Å². The van der Waals surface area contributed by atoms with Crippen LogP contribution < -0.4 is 11.1 Å². The molecule has 0 fully saturated rings. The lowest BCUT2D eigenvalue weighted by atomic mass is 10.0. The van der Waals surface area contributed by atoms with Gasteiger partial charge in [0.05, 0.1) is 5.39 Å². The molecule has 2 aromatic carbocycles. The topological polar surface area (TPSA) is 111 Å². The van der Waals surface area contributed by atoms with E-state index in [9.17, 15) is 4.55 Å². The van der Waals surface area contributed by atoms with Crippen LogP contribution in [0.4, 0.5) is 5.82 Å². The number of nitrogens with one attached hydrogen (secondary N) is 2. The Balaban J connectivity index is 2.34. The smallest absolute Gasteiger partial charge is 0.191 e. The first-order chi connectivity index (χ1) is 11.1. The fourth-order valence-corrected chi connectivity index (χ4v) is 3.20. The molecule has 0 aliphatic rings. The van der Waals surface area contributed by atoms with Crippen LogP contribution >= 0.6 is 0 Å². The molecule has 0 spiro atoms. The fourth-order valence-electron chi connectivity index (χ4n) is 2.44. The first kappa shape index (κ1) is 15.3. The predicted molar refractivity (Wildman–Crippen MR) is 92.8 cm³/mol. The van der Waals surface area contributed by atoms with Crippen LogP contribution in [0.3, 0.4) is 0 Å². The highest BCUT2D eigenvalue weighted by Crippen LogP contribution is 2.33. The fraction of sp³-hybridized carbons (Fsp3) is 0.0625. The highest BCUT2D eigenvalue weighted by molar-refractivity contribution is 7.91. The zero-order chi connectivity index (χ0) is 16.4. The number of nitrogens with two attached hydrogens (primary N) is 1. The minimum Gasteiger partial charge on any atom is -0.612 e. The van der Waals surface area contributed by atoms with Gasteiger partial charge in [-0.2, -0.15) is 0 Å². The number of anilines is 1. The van der Waals surface area contributed by atoms with Crippen LogP contribution in [0, 0.1) is 5.41 Å². The molecule has 7 heteroatoms. The van der Waals surface area contributed by atoms with Gasteiger partial charge in [0.2, 0.25) is 0 Å². The molecule has 0 radical (unpaired) electrons. The Bertz CT molecular complexity index is 867.